The summed E-state index contributed by atoms with van der Waals surface area (Å²) in [5, 5.41) is 12.6. The van der Waals surface area contributed by atoms with Crippen molar-refractivity contribution in [3.05, 3.63) is 59.2 Å². The van der Waals surface area contributed by atoms with Crippen molar-refractivity contribution in [1.82, 2.24) is 9.62 Å². The highest BCUT2D eigenvalue weighted by molar-refractivity contribution is 7.89. The molecule has 7 nitrogen and oxygen atoms in total. The van der Waals surface area contributed by atoms with Crippen LogP contribution in [0.5, 0.6) is 5.75 Å². The van der Waals surface area contributed by atoms with Crippen molar-refractivity contribution in [3.8, 4) is 5.75 Å². The number of hydrogen-bond donors (Lipinski definition) is 2. The molecule has 31 heavy (non-hydrogen) atoms. The summed E-state index contributed by atoms with van der Waals surface area (Å²) in [5.74, 6) is -1.13. The quantitative estimate of drug-likeness (QED) is 0.738. The van der Waals surface area contributed by atoms with E-state index in [2.05, 4.69) is 10.1 Å². The van der Waals surface area contributed by atoms with Crippen molar-refractivity contribution >= 4 is 15.9 Å². The molecule has 1 fully saturated rings. The maximum atomic E-state index is 13.0. The van der Waals surface area contributed by atoms with Crippen LogP contribution in [0.25, 0.3) is 0 Å². The first-order valence-electron chi connectivity index (χ1n) is 9.48. The third kappa shape index (κ3) is 4.53. The number of carbonyl (C=O) groups is 1. The van der Waals surface area contributed by atoms with Crippen LogP contribution in [0, 0.1) is 0 Å². The molecule has 2 N–H and O–H groups in total. The number of sulfonamides is 1. The summed E-state index contributed by atoms with van der Waals surface area (Å²) in [6.07, 6.45) is -5.18. The molecule has 0 aromatic heterocycles. The maximum absolute atomic E-state index is 13.0. The number of rotatable bonds is 4. The number of nitrogens with zero attached hydrogens (tertiary/aromatic N) is 1. The monoisotopic (exact) mass is 456 g/mol. The van der Waals surface area contributed by atoms with E-state index in [1.54, 1.807) is 18.2 Å². The van der Waals surface area contributed by atoms with E-state index in [0.29, 0.717) is 6.42 Å². The second kappa shape index (κ2) is 7.81. The molecule has 2 aliphatic rings. The molecular weight excluding hydrogens is 437 g/mol. The Hall–Kier alpha value is -2.63. The maximum Gasteiger partial charge on any atom is 0.573 e. The Morgan fingerprint density at radius 3 is 2.55 bits per heavy atom. The van der Waals surface area contributed by atoms with E-state index in [0.717, 1.165) is 28.8 Å². The highest BCUT2D eigenvalue weighted by atomic mass is 32.2. The van der Waals surface area contributed by atoms with Crippen molar-refractivity contribution < 1.29 is 36.2 Å². The van der Waals surface area contributed by atoms with Gasteiger partial charge < -0.3 is 15.2 Å². The second-order valence-corrected chi connectivity index (χ2v) is 9.42. The van der Waals surface area contributed by atoms with Crippen LogP contribution in [0.15, 0.2) is 47.4 Å². The fourth-order valence-electron chi connectivity index (χ4n) is 3.90. The number of benzene rings is 2. The molecule has 0 aliphatic carbocycles. The third-order valence-corrected chi connectivity index (χ3v) is 7.19. The molecule has 2 heterocycles. The van der Waals surface area contributed by atoms with Crippen molar-refractivity contribution in [2.24, 2.45) is 0 Å². The van der Waals surface area contributed by atoms with Crippen LogP contribution in [0.2, 0.25) is 0 Å². The Morgan fingerprint density at radius 2 is 1.84 bits per heavy atom. The minimum Gasteiger partial charge on any atom is -0.406 e. The smallest absolute Gasteiger partial charge is 0.406 e. The zero-order chi connectivity index (χ0) is 22.4. The van der Waals surface area contributed by atoms with Gasteiger partial charge in [-0.2, -0.15) is 4.31 Å². The number of carbonyl (C=O) groups excluding carboxylic acids is 1. The van der Waals surface area contributed by atoms with Gasteiger partial charge in [-0.25, -0.2) is 8.42 Å². The van der Waals surface area contributed by atoms with Gasteiger partial charge in [0.2, 0.25) is 15.9 Å². The fourth-order valence-corrected chi connectivity index (χ4v) is 5.33. The first-order valence-corrected chi connectivity index (χ1v) is 10.9. The van der Waals surface area contributed by atoms with Gasteiger partial charge in [0.15, 0.2) is 0 Å². The molecule has 2 aromatic carbocycles. The molecule has 0 spiro atoms. The number of aliphatic hydroxyl groups is 1. The zero-order valence-electron chi connectivity index (χ0n) is 16.1. The van der Waals surface area contributed by atoms with Gasteiger partial charge >= 0.3 is 6.36 Å². The highest BCUT2D eigenvalue weighted by Gasteiger charge is 2.35. The lowest BCUT2D eigenvalue weighted by molar-refractivity contribution is -0.274. The van der Waals surface area contributed by atoms with E-state index in [1.807, 2.05) is 0 Å². The Kier molecular flexibility index (Phi) is 5.44. The number of halogens is 3. The summed E-state index contributed by atoms with van der Waals surface area (Å²) >= 11 is 0. The molecule has 4 rings (SSSR count). The molecular formula is C20H19F3N2O5S. The van der Waals surface area contributed by atoms with Crippen LogP contribution in [-0.4, -0.2) is 36.3 Å². The molecule has 2 unspecified atom stereocenters. The number of ether oxygens (including phenoxy) is 1. The standard InChI is InChI=1S/C20H19F3N2O5S/c21-20(22,23)30-15-2-1-3-16(9-15)31(28,29)25-10-13-5-4-12(8-14(13)11-25)17-6-7-18(26)24-19(17)27/h1-5,8-9,17,19,27H,6-7,10-11H2,(H,24,26). The number of fused-ring (bicyclic) bond motifs is 1. The third-order valence-electron chi connectivity index (χ3n) is 5.40. The molecule has 1 saturated heterocycles. The summed E-state index contributed by atoms with van der Waals surface area (Å²) in [6.45, 7) is 0.122. The summed E-state index contributed by atoms with van der Waals surface area (Å²) < 4.78 is 68.4. The van der Waals surface area contributed by atoms with Gasteiger partial charge in [-0.3, -0.25) is 4.79 Å². The lowest BCUT2D eigenvalue weighted by Crippen LogP contribution is -2.43. The van der Waals surface area contributed by atoms with E-state index in [-0.39, 0.29) is 36.2 Å². The molecule has 0 radical (unpaired) electrons. The van der Waals surface area contributed by atoms with Gasteiger partial charge in [0.05, 0.1) is 4.90 Å². The number of alkyl halides is 3. The number of hydrogen-bond acceptors (Lipinski definition) is 5. The van der Waals surface area contributed by atoms with Crippen LogP contribution >= 0.6 is 0 Å². The van der Waals surface area contributed by atoms with E-state index in [4.69, 9.17) is 0 Å². The summed E-state index contributed by atoms with van der Waals surface area (Å²) in [6, 6.07) is 9.65. The Morgan fingerprint density at radius 1 is 1.10 bits per heavy atom. The zero-order valence-corrected chi connectivity index (χ0v) is 16.9. The normalized spacial score (nSPS) is 22.1. The van der Waals surface area contributed by atoms with E-state index in [9.17, 15) is 31.5 Å². The van der Waals surface area contributed by atoms with E-state index in [1.165, 1.54) is 16.4 Å². The predicted molar refractivity (Wildman–Crippen MR) is 102 cm³/mol. The van der Waals surface area contributed by atoms with E-state index >= 15 is 0 Å². The fraction of sp³-hybridized carbons (Fsp3) is 0.350. The first-order chi connectivity index (χ1) is 14.5. The van der Waals surface area contributed by atoms with Gasteiger partial charge in [0.25, 0.3) is 0 Å². The second-order valence-electron chi connectivity index (χ2n) is 7.48. The van der Waals surface area contributed by atoms with Gasteiger partial charge in [-0.05, 0) is 35.2 Å². The highest BCUT2D eigenvalue weighted by Crippen LogP contribution is 2.34. The Labute approximate surface area is 176 Å². The SMILES string of the molecule is O=C1CCC(c2ccc3c(c2)CN(S(=O)(=O)c2cccc(OC(F)(F)F)c2)C3)C(O)N1. The Balaban J connectivity index is 1.55. The molecule has 1 amide bonds. The number of amides is 1. The van der Waals surface area contributed by atoms with Crippen LogP contribution < -0.4 is 10.1 Å². The summed E-state index contributed by atoms with van der Waals surface area (Å²) in [7, 11) is -4.06. The molecule has 166 valence electrons. The van der Waals surface area contributed by atoms with Crippen LogP contribution in [0.4, 0.5) is 13.2 Å². The van der Waals surface area contributed by atoms with Gasteiger partial charge in [0.1, 0.15) is 12.0 Å². The van der Waals surface area contributed by atoms with E-state index < -0.39 is 28.4 Å². The predicted octanol–water partition coefficient (Wildman–Crippen LogP) is 2.60. The molecule has 2 aliphatic heterocycles. The van der Waals surface area contributed by atoms with Crippen molar-refractivity contribution in [2.45, 2.75) is 49.3 Å². The van der Waals surface area contributed by atoms with Crippen LogP contribution in [0.3, 0.4) is 0 Å². The van der Waals surface area contributed by atoms with Crippen molar-refractivity contribution in [3.63, 3.8) is 0 Å². The molecule has 0 saturated carbocycles. The largest absolute Gasteiger partial charge is 0.573 e. The first kappa shape index (κ1) is 21.6. The minimum absolute atomic E-state index is 0.0467. The molecule has 0 bridgehead atoms. The lowest BCUT2D eigenvalue weighted by atomic mass is 9.88. The van der Waals surface area contributed by atoms with Crippen molar-refractivity contribution in [2.75, 3.05) is 0 Å². The average Bonchev–Trinajstić information content (AvgIpc) is 3.11. The summed E-state index contributed by atoms with van der Waals surface area (Å²) in [5.41, 5.74) is 2.29. The lowest BCUT2D eigenvalue weighted by Gasteiger charge is -2.28. The topological polar surface area (TPSA) is 95.9 Å². The minimum atomic E-state index is -4.92. The molecule has 2 atom stereocenters. The number of nitrogens with one attached hydrogen (secondary N) is 1. The van der Waals surface area contributed by atoms with Crippen molar-refractivity contribution in [1.29, 1.82) is 0 Å². The average molecular weight is 456 g/mol. The van der Waals surface area contributed by atoms with Gasteiger partial charge in [0, 0.05) is 31.5 Å². The van der Waals surface area contributed by atoms with Crippen LogP contribution in [-0.2, 0) is 27.9 Å². The molecule has 2 aromatic rings. The molecule has 11 heteroatoms. The summed E-state index contributed by atoms with van der Waals surface area (Å²) in [4.78, 5) is 11.1. The van der Waals surface area contributed by atoms with Gasteiger partial charge in [-0.15, -0.1) is 13.2 Å². The Bertz CT molecular complexity index is 1120. The number of aliphatic hydroxyl groups excluding tert-OH is 1. The van der Waals surface area contributed by atoms with Crippen LogP contribution in [0.1, 0.15) is 35.4 Å². The number of piperidine rings is 1. The van der Waals surface area contributed by atoms with Gasteiger partial charge in [-0.1, -0.05) is 24.3 Å².